The van der Waals surface area contributed by atoms with Gasteiger partial charge in [0.05, 0.1) is 4.90 Å². The van der Waals surface area contributed by atoms with Crippen molar-refractivity contribution >= 4 is 15.7 Å². The zero-order chi connectivity index (χ0) is 18.2. The standard InChI is InChI=1S/C16H12FN3O4S/c1-19-10-18-15(20(21)22)16(19)25(23,24)14-8-4-12(5-9-14)11-2-6-13(17)7-3-11/h2-10H,1H3. The summed E-state index contributed by atoms with van der Waals surface area (Å²) in [6, 6.07) is 11.6. The Kier molecular flexibility index (Phi) is 4.09. The second-order valence-corrected chi connectivity index (χ2v) is 7.14. The van der Waals surface area contributed by atoms with Crippen molar-refractivity contribution in [2.24, 2.45) is 7.05 Å². The van der Waals surface area contributed by atoms with Gasteiger partial charge in [0.2, 0.25) is 21.2 Å². The fourth-order valence-electron chi connectivity index (χ4n) is 2.42. The number of halogens is 1. The van der Waals surface area contributed by atoms with E-state index in [2.05, 4.69) is 4.98 Å². The van der Waals surface area contributed by atoms with Gasteiger partial charge < -0.3 is 10.1 Å². The molecule has 0 bridgehead atoms. The Hall–Kier alpha value is -3.07. The van der Waals surface area contributed by atoms with Crippen LogP contribution in [0.3, 0.4) is 0 Å². The Morgan fingerprint density at radius 3 is 2.08 bits per heavy atom. The summed E-state index contributed by atoms with van der Waals surface area (Å²) in [4.78, 5) is 13.6. The Bertz CT molecular complexity index is 1040. The Labute approximate surface area is 142 Å². The lowest BCUT2D eigenvalue weighted by molar-refractivity contribution is -0.392. The summed E-state index contributed by atoms with van der Waals surface area (Å²) in [5.74, 6) is -1.09. The molecule has 0 spiro atoms. The van der Waals surface area contributed by atoms with E-state index in [9.17, 15) is 22.9 Å². The number of nitro groups is 1. The second-order valence-electron chi connectivity index (χ2n) is 5.28. The van der Waals surface area contributed by atoms with Gasteiger partial charge in [-0.25, -0.2) is 12.8 Å². The number of benzene rings is 2. The number of sulfone groups is 1. The monoisotopic (exact) mass is 361 g/mol. The van der Waals surface area contributed by atoms with Crippen molar-refractivity contribution in [3.63, 3.8) is 0 Å². The normalized spacial score (nSPS) is 11.4. The molecule has 0 unspecified atom stereocenters. The van der Waals surface area contributed by atoms with Gasteiger partial charge in [0.1, 0.15) is 5.82 Å². The molecule has 0 saturated heterocycles. The molecule has 3 aromatic rings. The molecule has 25 heavy (non-hydrogen) atoms. The Morgan fingerprint density at radius 1 is 1.04 bits per heavy atom. The largest absolute Gasteiger partial charge is 0.401 e. The van der Waals surface area contributed by atoms with Crippen molar-refractivity contribution in [3.05, 3.63) is 70.8 Å². The van der Waals surface area contributed by atoms with Gasteiger partial charge in [0.25, 0.3) is 0 Å². The van der Waals surface area contributed by atoms with E-state index in [1.54, 1.807) is 24.3 Å². The molecule has 0 N–H and O–H groups in total. The van der Waals surface area contributed by atoms with Crippen molar-refractivity contribution in [3.8, 4) is 11.1 Å². The SMILES string of the molecule is Cn1cnc([N+](=O)[O-])c1S(=O)(=O)c1ccc(-c2ccc(F)cc2)cc1. The summed E-state index contributed by atoms with van der Waals surface area (Å²) in [5.41, 5.74) is 1.41. The number of imidazole rings is 1. The number of nitrogens with zero attached hydrogens (tertiary/aromatic N) is 3. The second kappa shape index (κ2) is 6.10. The predicted molar refractivity (Wildman–Crippen MR) is 87.2 cm³/mol. The summed E-state index contributed by atoms with van der Waals surface area (Å²) >= 11 is 0. The molecule has 128 valence electrons. The highest BCUT2D eigenvalue weighted by atomic mass is 32.2. The first-order chi connectivity index (χ1) is 11.8. The zero-order valence-electron chi connectivity index (χ0n) is 13.0. The third-order valence-electron chi connectivity index (χ3n) is 3.63. The van der Waals surface area contributed by atoms with E-state index in [4.69, 9.17) is 0 Å². The van der Waals surface area contributed by atoms with Gasteiger partial charge in [-0.15, -0.1) is 0 Å². The molecule has 3 rings (SSSR count). The van der Waals surface area contributed by atoms with E-state index < -0.39 is 25.6 Å². The van der Waals surface area contributed by atoms with Crippen LogP contribution >= 0.6 is 0 Å². The zero-order valence-corrected chi connectivity index (χ0v) is 13.8. The van der Waals surface area contributed by atoms with Crippen molar-refractivity contribution in [2.45, 2.75) is 9.92 Å². The molecular weight excluding hydrogens is 349 g/mol. The lowest BCUT2D eigenvalue weighted by atomic mass is 10.1. The van der Waals surface area contributed by atoms with Crippen LogP contribution in [0.1, 0.15) is 0 Å². The number of aryl methyl sites for hydroxylation is 1. The average Bonchev–Trinajstić information content (AvgIpc) is 2.98. The summed E-state index contributed by atoms with van der Waals surface area (Å²) in [6.45, 7) is 0. The van der Waals surface area contributed by atoms with Crippen molar-refractivity contribution in [1.82, 2.24) is 9.55 Å². The van der Waals surface area contributed by atoms with Crippen LogP contribution in [-0.2, 0) is 16.9 Å². The lowest BCUT2D eigenvalue weighted by Gasteiger charge is -2.06. The van der Waals surface area contributed by atoms with Crippen LogP contribution in [0.5, 0.6) is 0 Å². The third-order valence-corrected chi connectivity index (χ3v) is 5.51. The van der Waals surface area contributed by atoms with Gasteiger partial charge in [0, 0.05) is 7.05 Å². The molecule has 9 heteroatoms. The van der Waals surface area contributed by atoms with Crippen molar-refractivity contribution < 1.29 is 17.7 Å². The first-order valence-electron chi connectivity index (χ1n) is 7.07. The molecule has 0 aliphatic heterocycles. The third kappa shape index (κ3) is 3.01. The first-order valence-corrected chi connectivity index (χ1v) is 8.56. The summed E-state index contributed by atoms with van der Waals surface area (Å²) in [6.07, 6.45) is 1.08. The number of hydrogen-bond acceptors (Lipinski definition) is 5. The maximum absolute atomic E-state index is 13.0. The van der Waals surface area contributed by atoms with E-state index in [0.29, 0.717) is 5.56 Å². The van der Waals surface area contributed by atoms with Gasteiger partial charge in [-0.3, -0.25) is 4.57 Å². The Balaban J connectivity index is 2.03. The number of aromatic nitrogens is 2. The van der Waals surface area contributed by atoms with Gasteiger partial charge in [-0.05, 0) is 45.3 Å². The first kappa shape index (κ1) is 16.8. The Morgan fingerprint density at radius 2 is 1.56 bits per heavy atom. The van der Waals surface area contributed by atoms with Crippen LogP contribution in [0.15, 0.2) is 64.8 Å². The number of hydrogen-bond donors (Lipinski definition) is 0. The molecule has 1 aromatic heterocycles. The lowest BCUT2D eigenvalue weighted by Crippen LogP contribution is -2.09. The number of rotatable bonds is 4. The van der Waals surface area contributed by atoms with Crippen LogP contribution in [0.25, 0.3) is 11.1 Å². The molecule has 0 aliphatic rings. The molecule has 1 heterocycles. The fourth-order valence-corrected chi connectivity index (χ4v) is 3.93. The van der Waals surface area contributed by atoms with E-state index in [0.717, 1.165) is 16.5 Å². The highest BCUT2D eigenvalue weighted by Crippen LogP contribution is 2.29. The smallest absolute Gasteiger partial charge is 0.358 e. The van der Waals surface area contributed by atoms with Gasteiger partial charge >= 0.3 is 5.82 Å². The molecule has 0 saturated carbocycles. The van der Waals surface area contributed by atoms with Crippen LogP contribution in [0.4, 0.5) is 10.2 Å². The van der Waals surface area contributed by atoms with Crippen LogP contribution < -0.4 is 0 Å². The minimum absolute atomic E-state index is 0.0925. The fraction of sp³-hybridized carbons (Fsp3) is 0.0625. The molecule has 7 nitrogen and oxygen atoms in total. The van der Waals surface area contributed by atoms with E-state index >= 15 is 0 Å². The maximum atomic E-state index is 13.0. The minimum Gasteiger partial charge on any atom is -0.358 e. The van der Waals surface area contributed by atoms with Gasteiger partial charge in [0.15, 0.2) is 0 Å². The van der Waals surface area contributed by atoms with Crippen molar-refractivity contribution in [1.29, 1.82) is 0 Å². The van der Waals surface area contributed by atoms with Crippen LogP contribution in [-0.4, -0.2) is 22.9 Å². The molecule has 0 amide bonds. The predicted octanol–water partition coefficient (Wildman–Crippen LogP) is 2.97. The average molecular weight is 361 g/mol. The molecule has 0 atom stereocenters. The van der Waals surface area contributed by atoms with Gasteiger partial charge in [-0.1, -0.05) is 24.3 Å². The maximum Gasteiger partial charge on any atom is 0.401 e. The highest BCUT2D eigenvalue weighted by molar-refractivity contribution is 7.91. The summed E-state index contributed by atoms with van der Waals surface area (Å²) < 4.78 is 39.5. The van der Waals surface area contributed by atoms with Crippen molar-refractivity contribution in [2.75, 3.05) is 0 Å². The molecule has 0 radical (unpaired) electrons. The molecule has 0 aliphatic carbocycles. The summed E-state index contributed by atoms with van der Waals surface area (Å²) in [5, 5.41) is 10.5. The van der Waals surface area contributed by atoms with Gasteiger partial charge in [-0.2, -0.15) is 0 Å². The summed E-state index contributed by atoms with van der Waals surface area (Å²) in [7, 11) is -2.73. The van der Waals surface area contributed by atoms with Crippen LogP contribution in [0, 0.1) is 15.9 Å². The topological polar surface area (TPSA) is 95.1 Å². The molecular formula is C16H12FN3O4S. The van der Waals surface area contributed by atoms with E-state index in [-0.39, 0.29) is 10.7 Å². The van der Waals surface area contributed by atoms with E-state index in [1.807, 2.05) is 0 Å². The molecule has 2 aromatic carbocycles. The quantitative estimate of drug-likeness (QED) is 0.526. The molecule has 0 fully saturated rings. The highest BCUT2D eigenvalue weighted by Gasteiger charge is 2.33. The minimum atomic E-state index is -4.11. The van der Waals surface area contributed by atoms with Crippen LogP contribution in [0.2, 0.25) is 0 Å². The van der Waals surface area contributed by atoms with E-state index in [1.165, 1.54) is 31.3 Å².